The van der Waals surface area contributed by atoms with Gasteiger partial charge in [0, 0.05) is 16.6 Å². The summed E-state index contributed by atoms with van der Waals surface area (Å²) in [5.41, 5.74) is 4.69. The number of aromatic hydroxyl groups is 1. The summed E-state index contributed by atoms with van der Waals surface area (Å²) in [6, 6.07) is 36.5. The molecule has 0 saturated carbocycles. The number of nitrogens with zero attached hydrogens (tertiary/aromatic N) is 1. The lowest BCUT2D eigenvalue weighted by atomic mass is 9.58. The SMILES string of the molecule is CCCN1C(=O)[C@@H]2[C@@H](CC(CO[Si](c3ccccc3)(c3ccccc3)C(C)(C)C)=C3[C@@H](CC/C(=C/c4cc(Br)ccc4O)c4ccccc4)OB(O)C[C@@H]32)C1=O. The van der Waals surface area contributed by atoms with Crippen molar-refractivity contribution in [1.82, 2.24) is 4.90 Å². The molecular formula is C46H51BBrNO6Si. The normalized spacial score (nSPS) is 21.7. The van der Waals surface area contributed by atoms with Crippen molar-refractivity contribution in [3.63, 3.8) is 0 Å². The molecule has 7 rings (SSSR count). The Morgan fingerprint density at radius 1 is 0.929 bits per heavy atom. The van der Waals surface area contributed by atoms with Crippen molar-refractivity contribution in [2.24, 2.45) is 17.8 Å². The molecule has 0 bridgehead atoms. The van der Waals surface area contributed by atoms with Crippen LogP contribution in [0, 0.1) is 17.8 Å². The number of amides is 2. The highest BCUT2D eigenvalue weighted by Crippen LogP contribution is 2.51. The number of phenols is 1. The highest BCUT2D eigenvalue weighted by Gasteiger charge is 2.58. The second-order valence-corrected chi connectivity index (χ2v) is 21.6. The highest BCUT2D eigenvalue weighted by molar-refractivity contribution is 9.10. The maximum absolute atomic E-state index is 14.1. The fourth-order valence-corrected chi connectivity index (χ4v) is 14.4. The van der Waals surface area contributed by atoms with Gasteiger partial charge in [0.15, 0.2) is 0 Å². The Labute approximate surface area is 340 Å². The topological polar surface area (TPSA) is 96.3 Å². The molecule has 0 aromatic heterocycles. The van der Waals surface area contributed by atoms with Crippen LogP contribution in [0.15, 0.2) is 125 Å². The van der Waals surface area contributed by atoms with Crippen molar-refractivity contribution in [3.8, 4) is 5.75 Å². The van der Waals surface area contributed by atoms with Crippen LogP contribution in [0.2, 0.25) is 11.4 Å². The van der Waals surface area contributed by atoms with Gasteiger partial charge in [0.1, 0.15) is 5.75 Å². The minimum absolute atomic E-state index is 0.121. The molecule has 10 heteroatoms. The number of imide groups is 1. The largest absolute Gasteiger partial charge is 0.507 e. The summed E-state index contributed by atoms with van der Waals surface area (Å²) in [5.74, 6) is -1.51. The number of hydrogen-bond acceptors (Lipinski definition) is 6. The second kappa shape index (κ2) is 16.8. The molecule has 2 saturated heterocycles. The molecule has 3 aliphatic rings. The molecular weight excluding hydrogens is 781 g/mol. The number of benzene rings is 4. The van der Waals surface area contributed by atoms with E-state index < -0.39 is 33.4 Å². The summed E-state index contributed by atoms with van der Waals surface area (Å²) in [5, 5.41) is 24.2. The first-order valence-corrected chi connectivity index (χ1v) is 22.5. The summed E-state index contributed by atoms with van der Waals surface area (Å²) in [7, 11) is -4.06. The molecule has 0 radical (unpaired) electrons. The van der Waals surface area contributed by atoms with Crippen molar-refractivity contribution in [2.75, 3.05) is 13.2 Å². The second-order valence-electron chi connectivity index (χ2n) is 16.4. The quantitative estimate of drug-likeness (QED) is 0.0647. The molecule has 0 spiro atoms. The summed E-state index contributed by atoms with van der Waals surface area (Å²) in [6.45, 7) is 9.40. The zero-order valence-corrected chi connectivity index (χ0v) is 35.2. The van der Waals surface area contributed by atoms with Crippen molar-refractivity contribution in [1.29, 1.82) is 0 Å². The molecule has 4 aromatic rings. The maximum atomic E-state index is 14.1. The van der Waals surface area contributed by atoms with E-state index in [9.17, 15) is 19.7 Å². The fourth-order valence-electron chi connectivity index (χ4n) is 9.43. The minimum Gasteiger partial charge on any atom is -0.507 e. The number of halogens is 1. The van der Waals surface area contributed by atoms with E-state index in [2.05, 4.69) is 97.4 Å². The van der Waals surface area contributed by atoms with Gasteiger partial charge in [-0.3, -0.25) is 14.5 Å². The molecule has 0 unspecified atom stereocenters. The van der Waals surface area contributed by atoms with Crippen molar-refractivity contribution in [3.05, 3.63) is 136 Å². The number of phenolic OH excluding ortho intramolecular Hbond substituents is 1. The first-order valence-electron chi connectivity index (χ1n) is 19.8. The third-order valence-electron chi connectivity index (χ3n) is 11.9. The lowest BCUT2D eigenvalue weighted by Crippen LogP contribution is -2.66. The summed E-state index contributed by atoms with van der Waals surface area (Å²) < 4.78 is 14.9. The predicted molar refractivity (Wildman–Crippen MR) is 230 cm³/mol. The average Bonchev–Trinajstić information content (AvgIpc) is 3.43. The van der Waals surface area contributed by atoms with Gasteiger partial charge >= 0.3 is 7.12 Å². The number of fused-ring (bicyclic) bond motifs is 3. The van der Waals surface area contributed by atoms with E-state index in [4.69, 9.17) is 9.08 Å². The Hall–Kier alpha value is -4.06. The Morgan fingerprint density at radius 2 is 1.55 bits per heavy atom. The monoisotopic (exact) mass is 831 g/mol. The van der Waals surface area contributed by atoms with Crippen molar-refractivity contribution in [2.45, 2.75) is 70.8 Å². The van der Waals surface area contributed by atoms with E-state index in [1.54, 1.807) is 6.07 Å². The molecule has 2 aliphatic heterocycles. The van der Waals surface area contributed by atoms with E-state index in [-0.39, 0.29) is 41.4 Å². The van der Waals surface area contributed by atoms with Crippen molar-refractivity contribution >= 4 is 65.2 Å². The molecule has 290 valence electrons. The molecule has 4 aromatic carbocycles. The Kier molecular flexibility index (Phi) is 12.1. The van der Waals surface area contributed by atoms with Gasteiger partial charge in [0.2, 0.25) is 11.8 Å². The van der Waals surface area contributed by atoms with E-state index >= 15 is 0 Å². The van der Waals surface area contributed by atoms with Crippen LogP contribution in [0.1, 0.15) is 64.5 Å². The van der Waals surface area contributed by atoms with Gasteiger partial charge in [-0.15, -0.1) is 0 Å². The molecule has 4 atom stereocenters. The molecule has 2 N–H and O–H groups in total. The lowest BCUT2D eigenvalue weighted by Gasteiger charge is -2.46. The van der Waals surface area contributed by atoms with Gasteiger partial charge in [0.05, 0.1) is 24.5 Å². The van der Waals surface area contributed by atoms with Gasteiger partial charge in [-0.05, 0) is 99.9 Å². The molecule has 56 heavy (non-hydrogen) atoms. The van der Waals surface area contributed by atoms with Crippen LogP contribution in [-0.4, -0.2) is 61.5 Å². The fraction of sp³-hybridized carbons (Fsp3) is 0.348. The predicted octanol–water partition coefficient (Wildman–Crippen LogP) is 8.26. The third-order valence-corrected chi connectivity index (χ3v) is 17.3. The number of allylic oxidation sites excluding steroid dienone is 1. The number of carbonyl (C=O) groups excluding carboxylic acids is 2. The van der Waals surface area contributed by atoms with E-state index in [1.165, 1.54) is 4.90 Å². The Balaban J connectivity index is 1.32. The lowest BCUT2D eigenvalue weighted by molar-refractivity contribution is -0.140. The minimum atomic E-state index is -2.97. The standard InChI is InChI=1S/C46H51BBrNO6Si/c1-5-25-49-44(51)38-28-34(30-54-56(46(2,3)4,36-17-11-7-12-18-36)37-19-13-8-14-20-37)42-39(43(38)45(49)52)29-47(53)55-41(42)24-21-32(31-15-9-6-10-16-31)26-33-27-35(48)22-23-40(33)50/h6-20,22-23,26-27,38-39,41,43,50,53H,5,21,24-25,28-30H2,1-4H3/b32-26-/t38-,39+,41-,43-/m1/s1. The summed E-state index contributed by atoms with van der Waals surface area (Å²) in [4.78, 5) is 29.7. The van der Waals surface area contributed by atoms with E-state index in [1.807, 2.05) is 55.5 Å². The molecule has 2 fully saturated rings. The highest BCUT2D eigenvalue weighted by atomic mass is 79.9. The van der Waals surface area contributed by atoms with Crippen molar-refractivity contribution < 1.29 is 28.8 Å². The van der Waals surface area contributed by atoms with E-state index in [0.717, 1.165) is 37.1 Å². The Morgan fingerprint density at radius 3 is 2.16 bits per heavy atom. The smallest absolute Gasteiger partial charge is 0.455 e. The van der Waals surface area contributed by atoms with Gasteiger partial charge in [0.25, 0.3) is 8.32 Å². The molecule has 2 heterocycles. The van der Waals surface area contributed by atoms with Gasteiger partial charge in [-0.2, -0.15) is 0 Å². The van der Waals surface area contributed by atoms with Crippen LogP contribution in [-0.2, 0) is 18.7 Å². The first kappa shape index (κ1) is 40.1. The van der Waals surface area contributed by atoms with Crippen LogP contribution < -0.4 is 10.4 Å². The molecule has 2 amide bonds. The number of hydrogen-bond donors (Lipinski definition) is 2. The Bertz CT molecular complexity index is 2060. The zero-order valence-electron chi connectivity index (χ0n) is 32.7. The van der Waals surface area contributed by atoms with Crippen LogP contribution in [0.25, 0.3) is 11.6 Å². The van der Waals surface area contributed by atoms with Gasteiger partial charge in [-0.25, -0.2) is 0 Å². The average molecular weight is 833 g/mol. The number of carbonyl (C=O) groups is 2. The van der Waals surface area contributed by atoms with Crippen LogP contribution >= 0.6 is 15.9 Å². The molecule has 7 nitrogen and oxygen atoms in total. The first-order chi connectivity index (χ1) is 26.9. The van der Waals surface area contributed by atoms with Crippen LogP contribution in [0.5, 0.6) is 5.75 Å². The maximum Gasteiger partial charge on any atom is 0.455 e. The summed E-state index contributed by atoms with van der Waals surface area (Å²) in [6.07, 6.45) is 3.89. The van der Waals surface area contributed by atoms with Crippen LogP contribution in [0.4, 0.5) is 0 Å². The van der Waals surface area contributed by atoms with Gasteiger partial charge in [-0.1, -0.05) is 135 Å². The zero-order chi connectivity index (χ0) is 39.6. The van der Waals surface area contributed by atoms with Crippen LogP contribution in [0.3, 0.4) is 0 Å². The molecule has 1 aliphatic carbocycles. The van der Waals surface area contributed by atoms with Gasteiger partial charge < -0.3 is 19.2 Å². The third kappa shape index (κ3) is 7.79. The number of likely N-dealkylation sites (tertiary alicyclic amines) is 1. The summed E-state index contributed by atoms with van der Waals surface area (Å²) >= 11 is 3.55. The number of rotatable bonds is 12. The van der Waals surface area contributed by atoms with E-state index in [0.29, 0.717) is 37.8 Å².